The Bertz CT molecular complexity index is 1620. The highest BCUT2D eigenvalue weighted by atomic mass is 16.5. The van der Waals surface area contributed by atoms with Crippen molar-refractivity contribution in [1.29, 1.82) is 0 Å². The second-order valence-electron chi connectivity index (χ2n) is 7.27. The van der Waals surface area contributed by atoms with Crippen LogP contribution in [0.2, 0.25) is 0 Å². The van der Waals surface area contributed by atoms with Crippen LogP contribution in [0.25, 0.3) is 33.2 Å². The molecule has 2 aromatic carbocycles. The van der Waals surface area contributed by atoms with Crippen molar-refractivity contribution in [3.05, 3.63) is 77.4 Å². The molecule has 0 saturated heterocycles. The van der Waals surface area contributed by atoms with Crippen LogP contribution in [-0.2, 0) is 6.54 Å². The first-order valence-corrected chi connectivity index (χ1v) is 10.2. The van der Waals surface area contributed by atoms with Gasteiger partial charge in [-0.2, -0.15) is 0 Å². The first kappa shape index (κ1) is 20.4. The van der Waals surface area contributed by atoms with E-state index in [9.17, 15) is 4.79 Å². The van der Waals surface area contributed by atoms with Gasteiger partial charge in [-0.05, 0) is 24.3 Å². The largest absolute Gasteiger partial charge is 0.493 e. The third-order valence-electron chi connectivity index (χ3n) is 5.34. The number of allylic oxidation sites excluding steroid dienone is 1. The molecule has 3 heterocycles. The Labute approximate surface area is 188 Å². The molecule has 5 aromatic rings. The van der Waals surface area contributed by atoms with E-state index in [2.05, 4.69) is 16.7 Å². The summed E-state index contributed by atoms with van der Waals surface area (Å²) in [6.07, 6.45) is 4.90. The van der Waals surface area contributed by atoms with Crippen molar-refractivity contribution >= 4 is 39.4 Å². The van der Waals surface area contributed by atoms with Gasteiger partial charge in [-0.25, -0.2) is 24.3 Å². The van der Waals surface area contributed by atoms with Crippen LogP contribution in [0.5, 0.6) is 11.5 Å². The Hall–Kier alpha value is -4.53. The van der Waals surface area contributed by atoms with Crippen molar-refractivity contribution in [2.24, 2.45) is 5.10 Å². The van der Waals surface area contributed by atoms with E-state index in [0.717, 1.165) is 0 Å². The Kier molecular flexibility index (Phi) is 5.06. The molecule has 0 fully saturated rings. The highest BCUT2D eigenvalue weighted by Crippen LogP contribution is 2.30. The molecule has 0 aliphatic heterocycles. The minimum atomic E-state index is -0.203. The second kappa shape index (κ2) is 8.19. The number of ether oxygens (including phenoxy) is 2. The summed E-state index contributed by atoms with van der Waals surface area (Å²) in [6, 6.07) is 13.0. The van der Waals surface area contributed by atoms with Gasteiger partial charge in [0.25, 0.3) is 5.65 Å². The Morgan fingerprint density at radius 1 is 1.09 bits per heavy atom. The van der Waals surface area contributed by atoms with Gasteiger partial charge in [0.05, 0.1) is 38.0 Å². The molecule has 9 nitrogen and oxygen atoms in total. The molecule has 0 bridgehead atoms. The van der Waals surface area contributed by atoms with Gasteiger partial charge in [0, 0.05) is 5.56 Å². The van der Waals surface area contributed by atoms with E-state index in [0.29, 0.717) is 56.8 Å². The van der Waals surface area contributed by atoms with Gasteiger partial charge in [0.2, 0.25) is 5.65 Å². The number of nitrogens with zero attached hydrogens (tertiary/aromatic N) is 5. The molecule has 0 aliphatic carbocycles. The molecule has 164 valence electrons. The van der Waals surface area contributed by atoms with E-state index in [1.807, 2.05) is 42.5 Å². The maximum atomic E-state index is 13.3. The summed E-state index contributed by atoms with van der Waals surface area (Å²) >= 11 is 0. The van der Waals surface area contributed by atoms with Crippen LogP contribution in [0.1, 0.15) is 5.56 Å². The number of nitrogens with one attached hydrogen (secondary N) is 1. The molecule has 33 heavy (non-hydrogen) atoms. The van der Waals surface area contributed by atoms with Gasteiger partial charge in [0.15, 0.2) is 23.2 Å². The van der Waals surface area contributed by atoms with Crippen molar-refractivity contribution in [1.82, 2.24) is 19.2 Å². The first-order chi connectivity index (χ1) is 16.2. The predicted molar refractivity (Wildman–Crippen MR) is 126 cm³/mol. The van der Waals surface area contributed by atoms with E-state index in [4.69, 9.17) is 19.4 Å². The summed E-state index contributed by atoms with van der Waals surface area (Å²) < 4.78 is 14.0. The van der Waals surface area contributed by atoms with Gasteiger partial charge in [-0.3, -0.25) is 0 Å². The number of benzene rings is 2. The number of hydrogen-bond donors (Lipinski definition) is 0. The lowest BCUT2D eigenvalue weighted by molar-refractivity contribution is -0.357. The fraction of sp³-hybridized carbons (Fsp3) is 0.125. The molecule has 3 aromatic heterocycles. The molecule has 0 unspecified atom stereocenters. The lowest BCUT2D eigenvalue weighted by atomic mass is 10.2. The highest BCUT2D eigenvalue weighted by Gasteiger charge is 2.24. The molecular weight excluding hydrogens is 420 g/mol. The third-order valence-corrected chi connectivity index (χ3v) is 5.34. The van der Waals surface area contributed by atoms with Crippen LogP contribution in [0, 0.1) is 0 Å². The summed E-state index contributed by atoms with van der Waals surface area (Å²) in [7, 11) is 3.15. The van der Waals surface area contributed by atoms with Crippen molar-refractivity contribution in [2.45, 2.75) is 6.54 Å². The standard InChI is InChI=1S/C24H20N6O3/c1-4-12-29-14-25-22-19(24(29)31)20-23(28-17-10-6-5-9-16(17)27-20)30(22)26-13-15-8-7-11-18(32-2)21(15)33-3/h4-11,13-14H,1,12H2,2-3H3/p+1. The Morgan fingerprint density at radius 3 is 2.61 bits per heavy atom. The molecular formula is C24H21N6O3+. The minimum Gasteiger partial charge on any atom is -0.493 e. The number of methoxy groups -OCH3 is 2. The SMILES string of the molecule is C=CCn1c[nH+]c2c(c1=O)c1nc3ccccc3nc1n2N=Cc1cccc(OC)c1OC. The van der Waals surface area contributed by atoms with Gasteiger partial charge < -0.3 is 9.47 Å². The number of hydrogen-bond acceptors (Lipinski definition) is 6. The third kappa shape index (κ3) is 3.30. The molecule has 9 heteroatoms. The van der Waals surface area contributed by atoms with E-state index >= 15 is 0 Å². The Morgan fingerprint density at radius 2 is 1.88 bits per heavy atom. The molecule has 0 aliphatic rings. The van der Waals surface area contributed by atoms with Gasteiger partial charge in [-0.15, -0.1) is 9.78 Å². The molecule has 0 spiro atoms. The smallest absolute Gasteiger partial charge is 0.323 e. The number of H-pyrrole nitrogens is 1. The summed E-state index contributed by atoms with van der Waals surface area (Å²) in [6.45, 7) is 4.09. The zero-order chi connectivity index (χ0) is 22.9. The van der Waals surface area contributed by atoms with Crippen molar-refractivity contribution in [3.8, 4) is 11.5 Å². The van der Waals surface area contributed by atoms with Crippen LogP contribution in [0.4, 0.5) is 0 Å². The van der Waals surface area contributed by atoms with Crippen LogP contribution in [0.3, 0.4) is 0 Å². The average molecular weight is 441 g/mol. The van der Waals surface area contributed by atoms with Gasteiger partial charge in [0.1, 0.15) is 5.52 Å². The van der Waals surface area contributed by atoms with E-state index in [1.54, 1.807) is 37.5 Å². The molecule has 0 amide bonds. The summed E-state index contributed by atoms with van der Waals surface area (Å²) in [5, 5.41) is 5.06. The predicted octanol–water partition coefficient (Wildman–Crippen LogP) is 2.80. The summed E-state index contributed by atoms with van der Waals surface area (Å²) in [5.74, 6) is 1.15. The molecule has 0 radical (unpaired) electrons. The fourth-order valence-electron chi connectivity index (χ4n) is 3.83. The maximum absolute atomic E-state index is 13.3. The van der Waals surface area contributed by atoms with Crippen LogP contribution >= 0.6 is 0 Å². The number of para-hydroxylation sites is 3. The lowest BCUT2D eigenvalue weighted by Crippen LogP contribution is -2.26. The van der Waals surface area contributed by atoms with Gasteiger partial charge >= 0.3 is 5.56 Å². The molecule has 0 saturated carbocycles. The fourth-order valence-corrected chi connectivity index (χ4v) is 3.83. The van der Waals surface area contributed by atoms with Crippen molar-refractivity contribution in [2.75, 3.05) is 14.2 Å². The quantitative estimate of drug-likeness (QED) is 0.298. The number of rotatable bonds is 6. The molecule has 0 atom stereocenters. The van der Waals surface area contributed by atoms with Crippen LogP contribution < -0.4 is 20.0 Å². The van der Waals surface area contributed by atoms with Gasteiger partial charge in [-0.1, -0.05) is 30.9 Å². The normalized spacial score (nSPS) is 11.6. The number of fused-ring (bicyclic) bond motifs is 4. The average Bonchev–Trinajstić information content (AvgIpc) is 3.15. The van der Waals surface area contributed by atoms with E-state index < -0.39 is 0 Å². The highest BCUT2D eigenvalue weighted by molar-refractivity contribution is 6.03. The second-order valence-corrected chi connectivity index (χ2v) is 7.27. The lowest BCUT2D eigenvalue weighted by Gasteiger charge is -2.09. The first-order valence-electron chi connectivity index (χ1n) is 10.2. The summed E-state index contributed by atoms with van der Waals surface area (Å²) in [5.41, 5.74) is 3.33. The molecule has 1 N–H and O–H groups in total. The Balaban J connectivity index is 1.82. The van der Waals surface area contributed by atoms with Crippen LogP contribution in [-0.4, -0.2) is 39.6 Å². The zero-order valence-corrected chi connectivity index (χ0v) is 18.1. The zero-order valence-electron chi connectivity index (χ0n) is 18.1. The topological polar surface area (TPSA) is 97.7 Å². The van der Waals surface area contributed by atoms with E-state index in [-0.39, 0.29) is 5.56 Å². The monoisotopic (exact) mass is 441 g/mol. The van der Waals surface area contributed by atoms with Crippen molar-refractivity contribution in [3.63, 3.8) is 0 Å². The maximum Gasteiger partial charge on any atom is 0.323 e. The number of aromatic nitrogens is 5. The van der Waals surface area contributed by atoms with E-state index in [1.165, 1.54) is 4.57 Å². The van der Waals surface area contributed by atoms with Crippen molar-refractivity contribution < 1.29 is 14.5 Å². The molecule has 5 rings (SSSR count). The summed E-state index contributed by atoms with van der Waals surface area (Å²) in [4.78, 5) is 25.9. The number of aromatic amines is 1. The minimum absolute atomic E-state index is 0.203. The van der Waals surface area contributed by atoms with Crippen LogP contribution in [0.15, 0.2) is 71.3 Å².